The van der Waals surface area contributed by atoms with Gasteiger partial charge in [-0.15, -0.1) is 0 Å². The summed E-state index contributed by atoms with van der Waals surface area (Å²) >= 11 is 1.35. The lowest BCUT2D eigenvalue weighted by molar-refractivity contribution is 1.00. The number of hydrogen-bond donors (Lipinski definition) is 1. The Bertz CT molecular complexity index is 404. The van der Waals surface area contributed by atoms with E-state index in [1.807, 2.05) is 17.7 Å². The number of rotatable bonds is 2. The SMILES string of the molecule is Cc1nsc(-n2cnc(CN)c2)n1. The quantitative estimate of drug-likeness (QED) is 0.757. The van der Waals surface area contributed by atoms with Gasteiger partial charge in [-0.1, -0.05) is 0 Å². The molecule has 5 nitrogen and oxygen atoms in total. The van der Waals surface area contributed by atoms with Crippen LogP contribution in [0.3, 0.4) is 0 Å². The van der Waals surface area contributed by atoms with Crippen LogP contribution in [0.5, 0.6) is 0 Å². The van der Waals surface area contributed by atoms with Crippen molar-refractivity contribution in [3.05, 3.63) is 24.0 Å². The Balaban J connectivity index is 2.35. The van der Waals surface area contributed by atoms with Gasteiger partial charge in [0, 0.05) is 24.3 Å². The molecule has 0 unspecified atom stereocenters. The molecule has 0 atom stereocenters. The fraction of sp³-hybridized carbons (Fsp3) is 0.286. The molecule has 0 aliphatic heterocycles. The van der Waals surface area contributed by atoms with Gasteiger partial charge in [0.25, 0.3) is 0 Å². The topological polar surface area (TPSA) is 69.6 Å². The summed E-state index contributed by atoms with van der Waals surface area (Å²) in [6, 6.07) is 0. The molecule has 0 bridgehead atoms. The van der Waals surface area contributed by atoms with Gasteiger partial charge in [-0.2, -0.15) is 4.37 Å². The predicted octanol–water partition coefficient (Wildman–Crippen LogP) is 0.491. The van der Waals surface area contributed by atoms with Gasteiger partial charge in [0.1, 0.15) is 12.2 Å². The van der Waals surface area contributed by atoms with E-state index in [4.69, 9.17) is 5.73 Å². The minimum atomic E-state index is 0.449. The van der Waals surface area contributed by atoms with Crippen LogP contribution < -0.4 is 5.73 Å². The van der Waals surface area contributed by atoms with E-state index in [-0.39, 0.29) is 0 Å². The minimum Gasteiger partial charge on any atom is -0.325 e. The Morgan fingerprint density at radius 2 is 2.46 bits per heavy atom. The summed E-state index contributed by atoms with van der Waals surface area (Å²) in [5.41, 5.74) is 6.29. The van der Waals surface area contributed by atoms with Crippen molar-refractivity contribution in [2.45, 2.75) is 13.5 Å². The Morgan fingerprint density at radius 1 is 1.62 bits per heavy atom. The first kappa shape index (κ1) is 8.33. The lowest BCUT2D eigenvalue weighted by Gasteiger charge is -1.90. The van der Waals surface area contributed by atoms with Crippen LogP contribution in [-0.2, 0) is 6.54 Å². The van der Waals surface area contributed by atoms with E-state index in [1.54, 1.807) is 6.33 Å². The van der Waals surface area contributed by atoms with Crippen molar-refractivity contribution in [2.75, 3.05) is 0 Å². The van der Waals surface area contributed by atoms with E-state index in [1.165, 1.54) is 11.5 Å². The first-order chi connectivity index (χ1) is 6.29. The van der Waals surface area contributed by atoms with Gasteiger partial charge in [0.2, 0.25) is 5.13 Å². The molecule has 0 fully saturated rings. The summed E-state index contributed by atoms with van der Waals surface area (Å²) in [6.07, 6.45) is 3.56. The van der Waals surface area contributed by atoms with Gasteiger partial charge in [0.05, 0.1) is 5.69 Å². The first-order valence-corrected chi connectivity index (χ1v) is 4.60. The van der Waals surface area contributed by atoms with Crippen LogP contribution in [0.1, 0.15) is 11.5 Å². The van der Waals surface area contributed by atoms with Crippen molar-refractivity contribution in [2.24, 2.45) is 5.73 Å². The Labute approximate surface area is 79.4 Å². The minimum absolute atomic E-state index is 0.449. The number of hydrogen-bond acceptors (Lipinski definition) is 5. The van der Waals surface area contributed by atoms with E-state index in [0.29, 0.717) is 6.54 Å². The molecular formula is C7H9N5S. The van der Waals surface area contributed by atoms with E-state index in [0.717, 1.165) is 16.6 Å². The van der Waals surface area contributed by atoms with Crippen LogP contribution in [0.2, 0.25) is 0 Å². The molecule has 13 heavy (non-hydrogen) atoms. The number of aromatic nitrogens is 4. The highest BCUT2D eigenvalue weighted by Gasteiger charge is 2.03. The third-order valence-electron chi connectivity index (χ3n) is 1.58. The maximum Gasteiger partial charge on any atom is 0.214 e. The Hall–Kier alpha value is -1.27. The lowest BCUT2D eigenvalue weighted by Crippen LogP contribution is -1.95. The van der Waals surface area contributed by atoms with Crippen LogP contribution >= 0.6 is 11.5 Å². The van der Waals surface area contributed by atoms with Gasteiger partial charge in [0.15, 0.2) is 0 Å². The molecule has 0 aliphatic carbocycles. The van der Waals surface area contributed by atoms with Gasteiger partial charge >= 0.3 is 0 Å². The second-order valence-corrected chi connectivity index (χ2v) is 3.33. The summed E-state index contributed by atoms with van der Waals surface area (Å²) in [4.78, 5) is 8.32. The molecule has 0 aromatic carbocycles. The standard InChI is InChI=1S/C7H9N5S/c1-5-10-7(13-11-5)12-3-6(2-8)9-4-12/h3-4H,2,8H2,1H3. The largest absolute Gasteiger partial charge is 0.325 e. The second kappa shape index (κ2) is 3.23. The van der Waals surface area contributed by atoms with Gasteiger partial charge < -0.3 is 5.73 Å². The number of nitrogens with two attached hydrogens (primary N) is 1. The predicted molar refractivity (Wildman–Crippen MR) is 49.7 cm³/mol. The molecule has 0 aliphatic rings. The zero-order chi connectivity index (χ0) is 9.26. The average molecular weight is 195 g/mol. The lowest BCUT2D eigenvalue weighted by atomic mass is 10.5. The van der Waals surface area contributed by atoms with E-state index >= 15 is 0 Å². The van der Waals surface area contributed by atoms with Crippen molar-refractivity contribution >= 4 is 11.5 Å². The third-order valence-corrected chi connectivity index (χ3v) is 2.40. The Morgan fingerprint density at radius 3 is 3.00 bits per heavy atom. The number of nitrogens with zero attached hydrogens (tertiary/aromatic N) is 4. The molecule has 0 saturated heterocycles. The molecular weight excluding hydrogens is 186 g/mol. The maximum absolute atomic E-state index is 5.44. The van der Waals surface area contributed by atoms with Crippen LogP contribution in [0.15, 0.2) is 12.5 Å². The molecule has 0 radical (unpaired) electrons. The molecule has 0 spiro atoms. The maximum atomic E-state index is 5.44. The molecule has 6 heteroatoms. The summed E-state index contributed by atoms with van der Waals surface area (Å²) in [6.45, 7) is 2.31. The van der Waals surface area contributed by atoms with Crippen molar-refractivity contribution in [3.8, 4) is 5.13 Å². The molecule has 2 N–H and O–H groups in total. The second-order valence-electron chi connectivity index (χ2n) is 2.60. The van der Waals surface area contributed by atoms with Gasteiger partial charge in [-0.3, -0.25) is 4.57 Å². The van der Waals surface area contributed by atoms with Crippen LogP contribution in [-0.4, -0.2) is 18.9 Å². The van der Waals surface area contributed by atoms with Gasteiger partial charge in [-0.25, -0.2) is 9.97 Å². The molecule has 2 heterocycles. The summed E-state index contributed by atoms with van der Waals surface area (Å²) in [7, 11) is 0. The van der Waals surface area contributed by atoms with Crippen molar-refractivity contribution < 1.29 is 0 Å². The zero-order valence-corrected chi connectivity index (χ0v) is 7.95. The summed E-state index contributed by atoms with van der Waals surface area (Å²) in [5.74, 6) is 0.781. The molecule has 0 amide bonds. The highest BCUT2D eigenvalue weighted by atomic mass is 32.1. The molecule has 2 rings (SSSR count). The van der Waals surface area contributed by atoms with Crippen LogP contribution in [0.4, 0.5) is 0 Å². The van der Waals surface area contributed by atoms with Gasteiger partial charge in [-0.05, 0) is 6.92 Å². The monoisotopic (exact) mass is 195 g/mol. The van der Waals surface area contributed by atoms with Crippen molar-refractivity contribution in [1.82, 2.24) is 18.9 Å². The third kappa shape index (κ3) is 1.58. The Kier molecular flexibility index (Phi) is 2.07. The molecule has 2 aromatic heterocycles. The summed E-state index contributed by atoms with van der Waals surface area (Å²) in [5, 5.41) is 0.824. The van der Waals surface area contributed by atoms with E-state index in [9.17, 15) is 0 Å². The number of imidazole rings is 1. The fourth-order valence-corrected chi connectivity index (χ4v) is 1.59. The average Bonchev–Trinajstić information content (AvgIpc) is 2.71. The van der Waals surface area contributed by atoms with E-state index < -0.39 is 0 Å². The number of aryl methyl sites for hydroxylation is 1. The molecule has 0 saturated carbocycles. The smallest absolute Gasteiger partial charge is 0.214 e. The van der Waals surface area contributed by atoms with Crippen LogP contribution in [0.25, 0.3) is 5.13 Å². The summed E-state index contributed by atoms with van der Waals surface area (Å²) < 4.78 is 5.91. The fourth-order valence-electron chi connectivity index (χ4n) is 0.965. The van der Waals surface area contributed by atoms with Crippen molar-refractivity contribution in [1.29, 1.82) is 0 Å². The molecule has 68 valence electrons. The highest BCUT2D eigenvalue weighted by molar-refractivity contribution is 7.08. The van der Waals surface area contributed by atoms with Crippen LogP contribution in [0, 0.1) is 6.92 Å². The van der Waals surface area contributed by atoms with Crippen molar-refractivity contribution in [3.63, 3.8) is 0 Å². The molecule has 2 aromatic rings. The van der Waals surface area contributed by atoms with E-state index in [2.05, 4.69) is 14.3 Å². The zero-order valence-electron chi connectivity index (χ0n) is 7.14. The first-order valence-electron chi connectivity index (χ1n) is 3.83. The highest BCUT2D eigenvalue weighted by Crippen LogP contribution is 2.10. The normalized spacial score (nSPS) is 10.6.